The van der Waals surface area contributed by atoms with Gasteiger partial charge in [-0.25, -0.2) is 9.83 Å². The zero-order valence-corrected chi connectivity index (χ0v) is 16.3. The van der Waals surface area contributed by atoms with Crippen molar-refractivity contribution in [3.63, 3.8) is 0 Å². The molecule has 3 rings (SSSR count). The highest BCUT2D eigenvalue weighted by molar-refractivity contribution is 7.14. The molecule has 0 saturated heterocycles. The highest BCUT2D eigenvalue weighted by atomic mass is 35.5. The topological polar surface area (TPSA) is 113 Å². The first kappa shape index (κ1) is 19.3. The van der Waals surface area contributed by atoms with Crippen LogP contribution in [0.2, 0.25) is 5.02 Å². The molecule has 140 valence electrons. The number of aromatic nitrogens is 4. The van der Waals surface area contributed by atoms with Crippen LogP contribution in [0, 0.1) is 17.9 Å². The first-order valence-corrected chi connectivity index (χ1v) is 9.14. The van der Waals surface area contributed by atoms with E-state index in [0.717, 1.165) is 11.3 Å². The monoisotopic (exact) mass is 412 g/mol. The summed E-state index contributed by atoms with van der Waals surface area (Å²) in [6, 6.07) is 5.93. The van der Waals surface area contributed by atoms with Gasteiger partial charge in [-0.15, -0.1) is 5.10 Å². The van der Waals surface area contributed by atoms with Crippen LogP contribution < -0.4 is 10.6 Å². The Hall–Kier alpha value is -3.47. The van der Waals surface area contributed by atoms with Crippen molar-refractivity contribution >= 4 is 40.5 Å². The van der Waals surface area contributed by atoms with Crippen molar-refractivity contribution in [1.29, 1.82) is 5.26 Å². The van der Waals surface area contributed by atoms with E-state index >= 15 is 0 Å². The number of hydrogen-bond donors (Lipinski definition) is 2. The third-order valence-corrected chi connectivity index (χ3v) is 4.75. The smallest absolute Gasteiger partial charge is 0.250 e. The van der Waals surface area contributed by atoms with Crippen LogP contribution in [0.15, 0.2) is 24.4 Å². The lowest BCUT2D eigenvalue weighted by atomic mass is 10.1. The molecule has 1 amide bonds. The predicted octanol–water partition coefficient (Wildman–Crippen LogP) is 3.33. The van der Waals surface area contributed by atoms with E-state index in [1.54, 1.807) is 14.0 Å². The first-order chi connectivity index (χ1) is 13.4. The average molecular weight is 413 g/mol. The molecule has 0 saturated carbocycles. The summed E-state index contributed by atoms with van der Waals surface area (Å²) in [6.07, 6.45) is 1.45. The molecule has 0 aliphatic rings. The molecule has 0 bridgehead atoms. The summed E-state index contributed by atoms with van der Waals surface area (Å²) in [4.78, 5) is 24.9. The van der Waals surface area contributed by atoms with Crippen LogP contribution in [0.1, 0.15) is 34.0 Å². The number of amides is 1. The van der Waals surface area contributed by atoms with Crippen LogP contribution in [0.5, 0.6) is 0 Å². The number of rotatable bonds is 5. The SMILES string of the molecule is [C-]#[N+]c1cc(Cl)cc(C(=O)N[C@@H](C)c2nc(NC)nn2-c2ncc(C#N)s2)c1. The standard InChI is InChI=1S/C17H13ClN8OS/c1-9(23-15(27)10-4-11(18)6-12(5-10)20-2)14-24-16(21-3)25-26(14)17-22-8-13(7-19)28-17/h4-6,8-9H,1,3H3,(H,21,25)(H,23,27)/t9-/m0/s1. The molecule has 0 spiro atoms. The Morgan fingerprint density at radius 1 is 1.46 bits per heavy atom. The molecule has 0 radical (unpaired) electrons. The molecule has 9 nitrogen and oxygen atoms in total. The number of halogens is 1. The Morgan fingerprint density at radius 2 is 2.25 bits per heavy atom. The Labute approximate surface area is 169 Å². The number of nitrogens with one attached hydrogen (secondary N) is 2. The van der Waals surface area contributed by atoms with Gasteiger partial charge in [-0.05, 0) is 25.1 Å². The lowest BCUT2D eigenvalue weighted by molar-refractivity contribution is 0.0938. The van der Waals surface area contributed by atoms with E-state index in [-0.39, 0.29) is 11.3 Å². The minimum absolute atomic E-state index is 0.270. The second kappa shape index (κ2) is 8.05. The van der Waals surface area contributed by atoms with E-state index in [9.17, 15) is 4.79 Å². The Morgan fingerprint density at radius 3 is 2.89 bits per heavy atom. The molecule has 1 aromatic carbocycles. The normalized spacial score (nSPS) is 11.3. The van der Waals surface area contributed by atoms with Crippen LogP contribution in [0.25, 0.3) is 9.98 Å². The molecule has 11 heteroatoms. The van der Waals surface area contributed by atoms with Crippen LogP contribution in [-0.2, 0) is 0 Å². The molecule has 0 aliphatic heterocycles. The summed E-state index contributed by atoms with van der Waals surface area (Å²) in [5.74, 6) is 0.379. The highest BCUT2D eigenvalue weighted by Gasteiger charge is 2.22. The van der Waals surface area contributed by atoms with E-state index in [2.05, 4.69) is 30.5 Å². The molecule has 1 atom stereocenters. The maximum Gasteiger partial charge on any atom is 0.250 e. The Bertz CT molecular complexity index is 1120. The maximum absolute atomic E-state index is 12.6. The van der Waals surface area contributed by atoms with Crippen LogP contribution in [0.3, 0.4) is 0 Å². The second-order valence-electron chi connectivity index (χ2n) is 5.58. The zero-order valence-electron chi connectivity index (χ0n) is 14.8. The quantitative estimate of drug-likeness (QED) is 0.621. The average Bonchev–Trinajstić information content (AvgIpc) is 3.33. The summed E-state index contributed by atoms with van der Waals surface area (Å²) in [5, 5.41) is 19.7. The van der Waals surface area contributed by atoms with Gasteiger partial charge in [-0.1, -0.05) is 22.9 Å². The minimum Gasteiger partial charge on any atom is -0.356 e. The summed E-state index contributed by atoms with van der Waals surface area (Å²) < 4.78 is 1.48. The van der Waals surface area contributed by atoms with Crippen molar-refractivity contribution in [1.82, 2.24) is 25.1 Å². The van der Waals surface area contributed by atoms with Crippen molar-refractivity contribution in [3.8, 4) is 11.2 Å². The fraction of sp³-hybridized carbons (Fsp3) is 0.176. The van der Waals surface area contributed by atoms with E-state index in [1.165, 1.54) is 29.1 Å². The Balaban J connectivity index is 1.90. The fourth-order valence-corrected chi connectivity index (χ4v) is 3.28. The zero-order chi connectivity index (χ0) is 20.3. The van der Waals surface area contributed by atoms with Gasteiger partial charge >= 0.3 is 0 Å². The van der Waals surface area contributed by atoms with Gasteiger partial charge in [0.2, 0.25) is 11.1 Å². The van der Waals surface area contributed by atoms with Gasteiger partial charge in [0.1, 0.15) is 10.9 Å². The number of hydrogen-bond acceptors (Lipinski definition) is 7. The molecule has 2 aromatic heterocycles. The molecule has 3 aromatic rings. The highest BCUT2D eigenvalue weighted by Crippen LogP contribution is 2.24. The van der Waals surface area contributed by atoms with E-state index in [4.69, 9.17) is 23.4 Å². The molecule has 2 heterocycles. The third kappa shape index (κ3) is 3.93. The minimum atomic E-state index is -0.535. The van der Waals surface area contributed by atoms with Gasteiger partial charge in [0.25, 0.3) is 5.91 Å². The van der Waals surface area contributed by atoms with Gasteiger partial charge < -0.3 is 10.6 Å². The first-order valence-electron chi connectivity index (χ1n) is 7.95. The number of carbonyl (C=O) groups excluding carboxylic acids is 1. The van der Waals surface area contributed by atoms with Gasteiger partial charge in [0.05, 0.1) is 18.8 Å². The van der Waals surface area contributed by atoms with Crippen molar-refractivity contribution in [2.24, 2.45) is 0 Å². The van der Waals surface area contributed by atoms with E-state index in [0.29, 0.717) is 26.8 Å². The summed E-state index contributed by atoms with van der Waals surface area (Å²) in [7, 11) is 1.67. The largest absolute Gasteiger partial charge is 0.356 e. The third-order valence-electron chi connectivity index (χ3n) is 3.65. The van der Waals surface area contributed by atoms with Gasteiger partial charge in [-0.3, -0.25) is 4.79 Å². The molecule has 2 N–H and O–H groups in total. The van der Waals surface area contributed by atoms with Crippen molar-refractivity contribution < 1.29 is 4.79 Å². The molecule has 28 heavy (non-hydrogen) atoms. The Kier molecular flexibility index (Phi) is 5.54. The predicted molar refractivity (Wildman–Crippen MR) is 105 cm³/mol. The summed E-state index contributed by atoms with van der Waals surface area (Å²) >= 11 is 7.14. The number of carbonyl (C=O) groups is 1. The number of benzene rings is 1. The van der Waals surface area contributed by atoms with Gasteiger partial charge in [0, 0.05) is 17.6 Å². The fourth-order valence-electron chi connectivity index (χ4n) is 2.38. The number of thiazole rings is 1. The molecule has 0 unspecified atom stereocenters. The number of nitriles is 1. The summed E-state index contributed by atoms with van der Waals surface area (Å²) in [6.45, 7) is 8.84. The lowest BCUT2D eigenvalue weighted by Gasteiger charge is -2.14. The van der Waals surface area contributed by atoms with E-state index < -0.39 is 11.9 Å². The van der Waals surface area contributed by atoms with Crippen molar-refractivity contribution in [2.45, 2.75) is 13.0 Å². The molecular formula is C17H13ClN8OS. The number of nitrogens with zero attached hydrogens (tertiary/aromatic N) is 6. The van der Waals surface area contributed by atoms with Crippen LogP contribution >= 0.6 is 22.9 Å². The van der Waals surface area contributed by atoms with Gasteiger partial charge in [-0.2, -0.15) is 14.9 Å². The maximum atomic E-state index is 12.6. The number of anilines is 1. The molecule has 0 aliphatic carbocycles. The molecular weight excluding hydrogens is 400 g/mol. The lowest BCUT2D eigenvalue weighted by Crippen LogP contribution is -2.28. The summed E-state index contributed by atoms with van der Waals surface area (Å²) in [5.41, 5.74) is 0.545. The van der Waals surface area contributed by atoms with Crippen LogP contribution in [0.4, 0.5) is 11.6 Å². The van der Waals surface area contributed by atoms with Crippen molar-refractivity contribution in [2.75, 3.05) is 12.4 Å². The second-order valence-corrected chi connectivity index (χ2v) is 7.02. The van der Waals surface area contributed by atoms with Crippen molar-refractivity contribution in [3.05, 3.63) is 57.1 Å². The van der Waals surface area contributed by atoms with Crippen LogP contribution in [-0.4, -0.2) is 32.7 Å². The molecule has 0 fully saturated rings. The van der Waals surface area contributed by atoms with Gasteiger partial charge in [0.15, 0.2) is 11.5 Å². The van der Waals surface area contributed by atoms with E-state index in [1.807, 2.05) is 6.07 Å².